The van der Waals surface area contributed by atoms with Crippen LogP contribution in [0.4, 0.5) is 5.69 Å². The number of non-ortho nitro benzene ring substituents is 1. The van der Waals surface area contributed by atoms with E-state index in [4.69, 9.17) is 14.2 Å². The Labute approximate surface area is 214 Å². The summed E-state index contributed by atoms with van der Waals surface area (Å²) in [6, 6.07) is 22.9. The first-order valence-electron chi connectivity index (χ1n) is 11.9. The lowest BCUT2D eigenvalue weighted by Crippen LogP contribution is -2.42. The summed E-state index contributed by atoms with van der Waals surface area (Å²) in [5.74, 6) is 1.59. The molecular weight excluding hydrogens is 472 g/mol. The van der Waals surface area contributed by atoms with Crippen LogP contribution in [0.5, 0.6) is 17.2 Å². The summed E-state index contributed by atoms with van der Waals surface area (Å²) < 4.78 is 17.1. The molecule has 1 unspecified atom stereocenters. The number of rotatable bonds is 7. The molecule has 8 heteroatoms. The van der Waals surface area contributed by atoms with E-state index in [0.29, 0.717) is 35.8 Å². The highest BCUT2D eigenvalue weighted by Gasteiger charge is 2.34. The van der Waals surface area contributed by atoms with Crippen molar-refractivity contribution in [2.45, 2.75) is 12.5 Å². The fourth-order valence-electron chi connectivity index (χ4n) is 4.86. The molecule has 4 aromatic rings. The Morgan fingerprint density at radius 3 is 2.41 bits per heavy atom. The zero-order chi connectivity index (χ0) is 25.9. The maximum absolute atomic E-state index is 14.0. The Hall–Kier alpha value is -4.59. The van der Waals surface area contributed by atoms with Gasteiger partial charge in [0, 0.05) is 24.2 Å². The molecule has 1 heterocycles. The Morgan fingerprint density at radius 2 is 1.68 bits per heavy atom. The molecule has 0 radical (unpaired) electrons. The van der Waals surface area contributed by atoms with Gasteiger partial charge in [-0.3, -0.25) is 14.9 Å². The van der Waals surface area contributed by atoms with Gasteiger partial charge in [-0.25, -0.2) is 0 Å². The lowest BCUT2D eigenvalue weighted by Gasteiger charge is -2.38. The molecule has 0 aliphatic carbocycles. The van der Waals surface area contributed by atoms with Crippen molar-refractivity contribution < 1.29 is 23.9 Å². The van der Waals surface area contributed by atoms with Gasteiger partial charge in [0.15, 0.2) is 11.5 Å². The van der Waals surface area contributed by atoms with E-state index in [1.54, 1.807) is 26.4 Å². The second-order valence-corrected chi connectivity index (χ2v) is 8.76. The zero-order valence-electron chi connectivity index (χ0n) is 20.5. The highest BCUT2D eigenvalue weighted by molar-refractivity contribution is 6.07. The van der Waals surface area contributed by atoms with Crippen LogP contribution in [0.15, 0.2) is 78.9 Å². The van der Waals surface area contributed by atoms with Crippen LogP contribution in [0.2, 0.25) is 0 Å². The third-order valence-electron chi connectivity index (χ3n) is 6.74. The number of nitro benzene ring substituents is 1. The van der Waals surface area contributed by atoms with Gasteiger partial charge >= 0.3 is 0 Å². The largest absolute Gasteiger partial charge is 0.493 e. The number of nitro groups is 1. The summed E-state index contributed by atoms with van der Waals surface area (Å²) in [5, 5.41) is 12.9. The molecule has 1 aliphatic heterocycles. The minimum Gasteiger partial charge on any atom is -0.493 e. The summed E-state index contributed by atoms with van der Waals surface area (Å²) in [4.78, 5) is 26.4. The maximum Gasteiger partial charge on any atom is 0.269 e. The molecule has 188 valence electrons. The summed E-state index contributed by atoms with van der Waals surface area (Å²) in [6.07, 6.45) is 0.653. The van der Waals surface area contributed by atoms with E-state index in [0.717, 1.165) is 21.9 Å². The molecule has 5 rings (SSSR count). The van der Waals surface area contributed by atoms with Gasteiger partial charge in [0.05, 0.1) is 25.2 Å². The molecule has 1 aliphatic rings. The fourth-order valence-corrected chi connectivity index (χ4v) is 4.86. The van der Waals surface area contributed by atoms with Gasteiger partial charge in [-0.15, -0.1) is 0 Å². The normalized spacial score (nSPS) is 14.6. The van der Waals surface area contributed by atoms with Crippen molar-refractivity contribution in [3.63, 3.8) is 0 Å². The molecule has 37 heavy (non-hydrogen) atoms. The Kier molecular flexibility index (Phi) is 6.64. The van der Waals surface area contributed by atoms with Crippen molar-refractivity contribution in [3.8, 4) is 17.2 Å². The second-order valence-electron chi connectivity index (χ2n) is 8.76. The van der Waals surface area contributed by atoms with Gasteiger partial charge in [0.25, 0.3) is 11.6 Å². The molecule has 0 saturated carbocycles. The first kappa shape index (κ1) is 24.1. The predicted octanol–water partition coefficient (Wildman–Crippen LogP) is 5.58. The van der Waals surface area contributed by atoms with E-state index in [1.807, 2.05) is 59.5 Å². The molecule has 0 bridgehead atoms. The van der Waals surface area contributed by atoms with Crippen molar-refractivity contribution in [3.05, 3.63) is 106 Å². The Bertz CT molecular complexity index is 1460. The molecular formula is C29H26N2O6. The van der Waals surface area contributed by atoms with Crippen LogP contribution in [0.3, 0.4) is 0 Å². The first-order chi connectivity index (χ1) is 18.0. The average molecular weight is 499 g/mol. The molecule has 0 N–H and O–H groups in total. The zero-order valence-corrected chi connectivity index (χ0v) is 20.5. The van der Waals surface area contributed by atoms with Gasteiger partial charge in [-0.1, -0.05) is 36.4 Å². The molecule has 1 amide bonds. The van der Waals surface area contributed by atoms with Crippen LogP contribution < -0.4 is 14.2 Å². The number of benzene rings is 4. The Morgan fingerprint density at radius 1 is 0.973 bits per heavy atom. The second kappa shape index (κ2) is 10.2. The van der Waals surface area contributed by atoms with Crippen molar-refractivity contribution >= 4 is 22.4 Å². The third-order valence-corrected chi connectivity index (χ3v) is 6.74. The van der Waals surface area contributed by atoms with E-state index in [9.17, 15) is 14.9 Å². The summed E-state index contributed by atoms with van der Waals surface area (Å²) in [7, 11) is 3.17. The smallest absolute Gasteiger partial charge is 0.269 e. The van der Waals surface area contributed by atoms with Crippen molar-refractivity contribution in [1.82, 2.24) is 4.90 Å². The summed E-state index contributed by atoms with van der Waals surface area (Å²) >= 11 is 0. The number of carbonyl (C=O) groups is 1. The van der Waals surface area contributed by atoms with Crippen LogP contribution in [0, 0.1) is 10.1 Å². The van der Waals surface area contributed by atoms with Crippen molar-refractivity contribution in [2.75, 3.05) is 27.4 Å². The number of hydrogen-bond donors (Lipinski definition) is 0. The van der Waals surface area contributed by atoms with Crippen LogP contribution in [-0.2, 0) is 6.42 Å². The predicted molar refractivity (Wildman–Crippen MR) is 140 cm³/mol. The van der Waals surface area contributed by atoms with Gasteiger partial charge in [-0.2, -0.15) is 0 Å². The SMILES string of the molecule is COc1cc2c(cc1OC)C(COc1ccc([N+](=O)[O-])cc1)N(C(=O)c1cccc3ccccc13)CC2. The maximum atomic E-state index is 14.0. The number of ether oxygens (including phenoxy) is 3. The first-order valence-corrected chi connectivity index (χ1v) is 11.9. The highest BCUT2D eigenvalue weighted by Crippen LogP contribution is 2.39. The van der Waals surface area contributed by atoms with Crippen LogP contribution in [-0.4, -0.2) is 43.1 Å². The van der Waals surface area contributed by atoms with Gasteiger partial charge in [0.1, 0.15) is 12.4 Å². The summed E-state index contributed by atoms with van der Waals surface area (Å²) in [6.45, 7) is 0.662. The molecule has 1 atom stereocenters. The third kappa shape index (κ3) is 4.65. The minimum atomic E-state index is -0.453. The number of nitrogens with zero attached hydrogens (tertiary/aromatic N) is 2. The van der Waals surface area contributed by atoms with E-state index in [-0.39, 0.29) is 18.2 Å². The number of carbonyl (C=O) groups excluding carboxylic acids is 1. The van der Waals surface area contributed by atoms with Crippen molar-refractivity contribution in [1.29, 1.82) is 0 Å². The van der Waals surface area contributed by atoms with E-state index >= 15 is 0 Å². The lowest BCUT2D eigenvalue weighted by atomic mass is 9.91. The minimum absolute atomic E-state index is 0.0139. The molecule has 0 aromatic heterocycles. The molecule has 4 aromatic carbocycles. The van der Waals surface area contributed by atoms with E-state index < -0.39 is 11.0 Å². The molecule has 8 nitrogen and oxygen atoms in total. The molecule has 0 fully saturated rings. The van der Waals surface area contributed by atoms with Crippen LogP contribution >= 0.6 is 0 Å². The molecule has 0 spiro atoms. The number of hydrogen-bond acceptors (Lipinski definition) is 6. The van der Waals surface area contributed by atoms with E-state index in [2.05, 4.69) is 0 Å². The quantitative estimate of drug-likeness (QED) is 0.244. The average Bonchev–Trinajstić information content (AvgIpc) is 2.94. The van der Waals surface area contributed by atoms with E-state index in [1.165, 1.54) is 12.1 Å². The van der Waals surface area contributed by atoms with Crippen LogP contribution in [0.1, 0.15) is 27.5 Å². The number of methoxy groups -OCH3 is 2. The van der Waals surface area contributed by atoms with Gasteiger partial charge in [0.2, 0.25) is 0 Å². The molecule has 0 saturated heterocycles. The summed E-state index contributed by atoms with van der Waals surface area (Å²) in [5.41, 5.74) is 2.58. The van der Waals surface area contributed by atoms with Gasteiger partial charge in [-0.05, 0) is 58.7 Å². The number of fused-ring (bicyclic) bond motifs is 2. The van der Waals surface area contributed by atoms with Gasteiger partial charge < -0.3 is 19.1 Å². The highest BCUT2D eigenvalue weighted by atomic mass is 16.6. The standard InChI is InChI=1S/C29H26N2O6/c1-35-27-16-20-14-15-30(29(32)24-9-5-7-19-6-3-4-8-23(19)24)26(25(20)17-28(27)36-2)18-37-22-12-10-21(11-13-22)31(33)34/h3-13,16-17,26H,14-15,18H2,1-2H3. The van der Waals surface area contributed by atoms with Crippen LogP contribution in [0.25, 0.3) is 10.8 Å². The Balaban J connectivity index is 1.53. The fraction of sp³-hybridized carbons (Fsp3) is 0.207. The number of amides is 1. The monoisotopic (exact) mass is 498 g/mol. The lowest BCUT2D eigenvalue weighted by molar-refractivity contribution is -0.384. The topological polar surface area (TPSA) is 91.1 Å². The van der Waals surface area contributed by atoms with Crippen molar-refractivity contribution in [2.24, 2.45) is 0 Å².